The molecule has 2 aromatic carbocycles. The highest BCUT2D eigenvalue weighted by Crippen LogP contribution is 2.25. The summed E-state index contributed by atoms with van der Waals surface area (Å²) < 4.78 is 27.3. The third kappa shape index (κ3) is 5.84. The fourth-order valence-corrected chi connectivity index (χ4v) is 5.96. The number of rotatable bonds is 8. The molecule has 5 nitrogen and oxygen atoms in total. The Labute approximate surface area is 177 Å². The normalized spacial score (nSPS) is 17.8. The van der Waals surface area contributed by atoms with E-state index in [0.717, 1.165) is 30.8 Å². The summed E-state index contributed by atoms with van der Waals surface area (Å²) in [6, 6.07) is 16.5. The molecule has 1 atom stereocenters. The number of sulfonamides is 1. The van der Waals surface area contributed by atoms with E-state index >= 15 is 0 Å². The average molecular weight is 433 g/mol. The largest absolute Gasteiger partial charge is 0.351 e. The number of benzene rings is 2. The quantitative estimate of drug-likeness (QED) is 0.642. The molecule has 0 bridgehead atoms. The predicted molar refractivity (Wildman–Crippen MR) is 119 cm³/mol. The molecule has 1 saturated heterocycles. The minimum atomic E-state index is -3.51. The van der Waals surface area contributed by atoms with E-state index in [-0.39, 0.29) is 16.8 Å². The van der Waals surface area contributed by atoms with Crippen LogP contribution in [0.3, 0.4) is 0 Å². The third-order valence-corrected chi connectivity index (χ3v) is 8.17. The molecule has 0 aromatic heterocycles. The maximum absolute atomic E-state index is 12.9. The molecule has 1 aliphatic rings. The fraction of sp³-hybridized carbons (Fsp3) is 0.409. The Kier molecular flexibility index (Phi) is 7.75. The molecule has 1 heterocycles. The Hall–Kier alpha value is -1.83. The van der Waals surface area contributed by atoms with Crippen LogP contribution in [0.15, 0.2) is 59.5 Å². The van der Waals surface area contributed by atoms with E-state index in [1.54, 1.807) is 28.2 Å². The van der Waals surface area contributed by atoms with Crippen LogP contribution in [0.1, 0.15) is 42.1 Å². The summed E-state index contributed by atoms with van der Waals surface area (Å²) in [5.74, 6) is 1.55. The second kappa shape index (κ2) is 10.3. The molecule has 0 saturated carbocycles. The van der Waals surface area contributed by atoms with Gasteiger partial charge >= 0.3 is 0 Å². The van der Waals surface area contributed by atoms with Gasteiger partial charge in [0.1, 0.15) is 0 Å². The van der Waals surface area contributed by atoms with Crippen molar-refractivity contribution < 1.29 is 13.2 Å². The van der Waals surface area contributed by atoms with Crippen molar-refractivity contribution in [2.75, 3.05) is 18.8 Å². The summed E-state index contributed by atoms with van der Waals surface area (Å²) in [5, 5.41) is 2.89. The summed E-state index contributed by atoms with van der Waals surface area (Å²) >= 11 is 1.77. The summed E-state index contributed by atoms with van der Waals surface area (Å²) in [6.07, 6.45) is 2.85. The third-order valence-electron chi connectivity index (χ3n) is 5.11. The van der Waals surface area contributed by atoms with Crippen LogP contribution in [0.5, 0.6) is 0 Å². The van der Waals surface area contributed by atoms with E-state index in [2.05, 4.69) is 17.4 Å². The topological polar surface area (TPSA) is 66.5 Å². The Morgan fingerprint density at radius 2 is 1.83 bits per heavy atom. The number of amides is 1. The second-order valence-electron chi connectivity index (χ2n) is 7.28. The number of nitrogens with zero attached hydrogens (tertiary/aromatic N) is 1. The molecule has 1 amide bonds. The first kappa shape index (κ1) is 21.9. The SMILES string of the molecule is CC1CCCCN1S(=O)(=O)c1ccc(C(=O)NCCSCc2ccccc2)cc1. The molecular formula is C22H28N2O3S2. The summed E-state index contributed by atoms with van der Waals surface area (Å²) in [5.41, 5.74) is 1.74. The van der Waals surface area contributed by atoms with Crippen molar-refractivity contribution in [1.29, 1.82) is 0 Å². The lowest BCUT2D eigenvalue weighted by Gasteiger charge is -2.32. The van der Waals surface area contributed by atoms with Crippen molar-refractivity contribution in [3.05, 3.63) is 65.7 Å². The molecule has 1 aliphatic heterocycles. The van der Waals surface area contributed by atoms with E-state index in [0.29, 0.717) is 18.7 Å². The number of piperidine rings is 1. The highest BCUT2D eigenvalue weighted by molar-refractivity contribution is 7.98. The zero-order valence-electron chi connectivity index (χ0n) is 16.7. The van der Waals surface area contributed by atoms with Gasteiger partial charge in [0.25, 0.3) is 5.91 Å². The lowest BCUT2D eigenvalue weighted by molar-refractivity contribution is 0.0956. The molecule has 7 heteroatoms. The molecule has 0 spiro atoms. The van der Waals surface area contributed by atoms with E-state index in [1.807, 2.05) is 25.1 Å². The van der Waals surface area contributed by atoms with Gasteiger partial charge in [0, 0.05) is 36.2 Å². The lowest BCUT2D eigenvalue weighted by Crippen LogP contribution is -2.41. The first-order valence-corrected chi connectivity index (χ1v) is 12.6. The van der Waals surface area contributed by atoms with Crippen molar-refractivity contribution >= 4 is 27.7 Å². The molecule has 0 radical (unpaired) electrons. The van der Waals surface area contributed by atoms with Gasteiger partial charge in [0.2, 0.25) is 10.0 Å². The molecule has 3 rings (SSSR count). The zero-order valence-corrected chi connectivity index (χ0v) is 18.3. The van der Waals surface area contributed by atoms with Gasteiger partial charge in [-0.2, -0.15) is 16.1 Å². The molecule has 29 heavy (non-hydrogen) atoms. The highest BCUT2D eigenvalue weighted by atomic mass is 32.2. The van der Waals surface area contributed by atoms with Crippen LogP contribution < -0.4 is 5.32 Å². The van der Waals surface area contributed by atoms with Gasteiger partial charge in [0.15, 0.2) is 0 Å². The van der Waals surface area contributed by atoms with Crippen molar-refractivity contribution in [3.63, 3.8) is 0 Å². The van der Waals surface area contributed by atoms with Crippen LogP contribution in [-0.4, -0.2) is 43.5 Å². The van der Waals surface area contributed by atoms with Crippen LogP contribution in [0.4, 0.5) is 0 Å². The highest BCUT2D eigenvalue weighted by Gasteiger charge is 2.30. The predicted octanol–water partition coefficient (Wildman–Crippen LogP) is 3.91. The first-order valence-electron chi connectivity index (χ1n) is 10.0. The molecule has 0 aliphatic carbocycles. The van der Waals surface area contributed by atoms with Crippen LogP contribution in [0.2, 0.25) is 0 Å². The standard InChI is InChI=1S/C22H28N2O3S2/c1-18-7-5-6-15-24(18)29(26,27)21-12-10-20(11-13-21)22(25)23-14-16-28-17-19-8-3-2-4-9-19/h2-4,8-13,18H,5-7,14-17H2,1H3,(H,23,25). The smallest absolute Gasteiger partial charge is 0.251 e. The first-order chi connectivity index (χ1) is 14.0. The molecule has 2 aromatic rings. The van der Waals surface area contributed by atoms with Crippen LogP contribution in [0, 0.1) is 0 Å². The maximum atomic E-state index is 12.9. The molecule has 1 fully saturated rings. The molecule has 1 unspecified atom stereocenters. The second-order valence-corrected chi connectivity index (χ2v) is 10.3. The number of hydrogen-bond donors (Lipinski definition) is 1. The van der Waals surface area contributed by atoms with Gasteiger partial charge in [-0.15, -0.1) is 0 Å². The Morgan fingerprint density at radius 1 is 1.10 bits per heavy atom. The summed E-state index contributed by atoms with van der Waals surface area (Å²) in [6.45, 7) is 3.09. The minimum Gasteiger partial charge on any atom is -0.351 e. The van der Waals surface area contributed by atoms with Gasteiger partial charge in [-0.05, 0) is 49.6 Å². The van der Waals surface area contributed by atoms with Crippen LogP contribution in [0.25, 0.3) is 0 Å². The number of nitrogens with one attached hydrogen (secondary N) is 1. The summed E-state index contributed by atoms with van der Waals surface area (Å²) in [4.78, 5) is 12.6. The molecular weight excluding hydrogens is 404 g/mol. The molecule has 156 valence electrons. The monoisotopic (exact) mass is 432 g/mol. The van der Waals surface area contributed by atoms with Crippen molar-refractivity contribution in [3.8, 4) is 0 Å². The van der Waals surface area contributed by atoms with Gasteiger partial charge in [-0.25, -0.2) is 8.42 Å². The fourth-order valence-electron chi connectivity index (χ4n) is 3.45. The number of thioether (sulfide) groups is 1. The number of carbonyl (C=O) groups excluding carboxylic acids is 1. The summed E-state index contributed by atoms with van der Waals surface area (Å²) in [7, 11) is -3.51. The Morgan fingerprint density at radius 3 is 2.52 bits per heavy atom. The average Bonchev–Trinajstić information content (AvgIpc) is 2.74. The van der Waals surface area contributed by atoms with Crippen LogP contribution >= 0.6 is 11.8 Å². The van der Waals surface area contributed by atoms with Gasteiger partial charge in [0.05, 0.1) is 4.90 Å². The van der Waals surface area contributed by atoms with E-state index in [4.69, 9.17) is 0 Å². The van der Waals surface area contributed by atoms with Crippen molar-refractivity contribution in [1.82, 2.24) is 9.62 Å². The van der Waals surface area contributed by atoms with Crippen LogP contribution in [-0.2, 0) is 15.8 Å². The minimum absolute atomic E-state index is 0.0186. The van der Waals surface area contributed by atoms with Gasteiger partial charge < -0.3 is 5.32 Å². The van der Waals surface area contributed by atoms with Crippen molar-refractivity contribution in [2.24, 2.45) is 0 Å². The molecule has 1 N–H and O–H groups in total. The number of hydrogen-bond acceptors (Lipinski definition) is 4. The lowest BCUT2D eigenvalue weighted by atomic mass is 10.1. The zero-order chi connectivity index (χ0) is 20.7. The Balaban J connectivity index is 1.49. The Bertz CT molecular complexity index is 899. The van der Waals surface area contributed by atoms with E-state index in [9.17, 15) is 13.2 Å². The number of carbonyl (C=O) groups is 1. The van der Waals surface area contributed by atoms with Gasteiger partial charge in [-0.3, -0.25) is 4.79 Å². The van der Waals surface area contributed by atoms with E-state index < -0.39 is 10.0 Å². The maximum Gasteiger partial charge on any atom is 0.251 e. The van der Waals surface area contributed by atoms with E-state index in [1.165, 1.54) is 17.7 Å². The van der Waals surface area contributed by atoms with Crippen molar-refractivity contribution in [2.45, 2.75) is 42.9 Å². The van der Waals surface area contributed by atoms with Gasteiger partial charge in [-0.1, -0.05) is 36.8 Å².